The molecule has 0 aliphatic heterocycles. The molecule has 1 aliphatic rings. The Morgan fingerprint density at radius 3 is 2.70 bits per heavy atom. The van der Waals surface area contributed by atoms with Crippen LogP contribution in [0.3, 0.4) is 0 Å². The number of halogens is 3. The third kappa shape index (κ3) is 2.73. The van der Waals surface area contributed by atoms with Crippen LogP contribution in [0.5, 0.6) is 0 Å². The molecule has 1 aliphatic carbocycles. The highest BCUT2D eigenvalue weighted by Gasteiger charge is 2.46. The molecule has 1 aromatic rings. The molecule has 0 saturated carbocycles. The van der Waals surface area contributed by atoms with Gasteiger partial charge in [0.2, 0.25) is 0 Å². The molecule has 0 saturated heterocycles. The molecule has 1 unspecified atom stereocenters. The van der Waals surface area contributed by atoms with Crippen LogP contribution in [-0.2, 0) is 4.84 Å². The Labute approximate surface area is 112 Å². The number of aliphatic hydroxyl groups excluding tert-OH is 1. The van der Waals surface area contributed by atoms with Gasteiger partial charge in [0.05, 0.1) is 7.11 Å². The molecule has 0 bridgehead atoms. The fourth-order valence-corrected chi connectivity index (χ4v) is 1.87. The van der Waals surface area contributed by atoms with Crippen molar-refractivity contribution in [2.75, 3.05) is 12.6 Å². The summed E-state index contributed by atoms with van der Waals surface area (Å²) >= 11 is 0. The van der Waals surface area contributed by atoms with Crippen molar-refractivity contribution in [3.05, 3.63) is 17.5 Å². The second kappa shape index (κ2) is 5.33. The van der Waals surface area contributed by atoms with Gasteiger partial charge in [0, 0.05) is 12.0 Å². The summed E-state index contributed by atoms with van der Waals surface area (Å²) in [7, 11) is 1.34. The Bertz CT molecular complexity index is 550. The molecule has 0 spiro atoms. The van der Waals surface area contributed by atoms with E-state index in [1.54, 1.807) is 6.92 Å². The third-order valence-electron chi connectivity index (χ3n) is 2.85. The maximum absolute atomic E-state index is 13.9. The average molecular weight is 290 g/mol. The largest absolute Gasteiger partial charge is 0.380 e. The zero-order valence-corrected chi connectivity index (χ0v) is 10.8. The lowest BCUT2D eigenvalue weighted by molar-refractivity contribution is -0.107. The Kier molecular flexibility index (Phi) is 3.91. The summed E-state index contributed by atoms with van der Waals surface area (Å²) in [5.41, 5.74) is 2.21. The molecule has 6 nitrogen and oxygen atoms in total. The minimum atomic E-state index is -3.48. The highest BCUT2D eigenvalue weighted by Crippen LogP contribution is 2.40. The summed E-state index contributed by atoms with van der Waals surface area (Å²) in [6, 6.07) is 0. The Morgan fingerprint density at radius 2 is 2.05 bits per heavy atom. The van der Waals surface area contributed by atoms with Gasteiger partial charge in [-0.2, -0.15) is 9.97 Å². The van der Waals surface area contributed by atoms with E-state index in [0.29, 0.717) is 0 Å². The molecular weight excluding hydrogens is 277 g/mol. The van der Waals surface area contributed by atoms with Crippen LogP contribution in [0.25, 0.3) is 5.57 Å². The first kappa shape index (κ1) is 14.7. The highest BCUT2D eigenvalue weighted by molar-refractivity contribution is 5.65. The van der Waals surface area contributed by atoms with Crippen LogP contribution in [0.2, 0.25) is 0 Å². The fraction of sp³-hybridized carbons (Fsp3) is 0.545. The molecule has 0 radical (unpaired) electrons. The van der Waals surface area contributed by atoms with E-state index >= 15 is 0 Å². The molecule has 0 aromatic carbocycles. The quantitative estimate of drug-likeness (QED) is 0.823. The van der Waals surface area contributed by atoms with Crippen LogP contribution in [0.15, 0.2) is 5.83 Å². The van der Waals surface area contributed by atoms with Crippen LogP contribution < -0.4 is 5.48 Å². The summed E-state index contributed by atoms with van der Waals surface area (Å²) in [6.45, 7) is 1.54. The number of alkyl halides is 2. The van der Waals surface area contributed by atoms with E-state index in [1.807, 2.05) is 0 Å². The normalized spacial score (nSPS) is 22.0. The summed E-state index contributed by atoms with van der Waals surface area (Å²) in [5.74, 6) is -4.59. The van der Waals surface area contributed by atoms with E-state index in [-0.39, 0.29) is 29.6 Å². The number of hydrogen-bond donors (Lipinski definition) is 2. The Balaban J connectivity index is 2.43. The molecule has 1 aromatic heterocycles. The summed E-state index contributed by atoms with van der Waals surface area (Å²) in [5, 5.41) is 9.28. The van der Waals surface area contributed by atoms with Gasteiger partial charge in [0.25, 0.3) is 11.9 Å². The topological polar surface area (TPSA) is 80.2 Å². The predicted molar refractivity (Wildman–Crippen MR) is 63.4 cm³/mol. The smallest absolute Gasteiger partial charge is 0.280 e. The van der Waals surface area contributed by atoms with E-state index < -0.39 is 24.3 Å². The first-order valence-corrected chi connectivity index (χ1v) is 5.81. The lowest BCUT2D eigenvalue weighted by atomic mass is 9.92. The second-order valence-electron chi connectivity index (χ2n) is 4.33. The summed E-state index contributed by atoms with van der Waals surface area (Å²) < 4.78 is 40.3. The molecule has 1 heterocycles. The molecule has 9 heteroatoms. The maximum Gasteiger partial charge on any atom is 0.280 e. The lowest BCUT2D eigenvalue weighted by Gasteiger charge is -2.27. The SMILES string of the molecule is CONc1nc(C)nc(C2=C(F)C(O)C(F)(F)CC2)n1. The van der Waals surface area contributed by atoms with Crippen molar-refractivity contribution < 1.29 is 23.1 Å². The number of aliphatic hydroxyl groups is 1. The number of aromatic nitrogens is 3. The number of aryl methyl sites for hydroxylation is 1. The molecule has 2 rings (SSSR count). The van der Waals surface area contributed by atoms with Gasteiger partial charge >= 0.3 is 0 Å². The minimum absolute atomic E-state index is 0.0297. The number of rotatable bonds is 3. The molecule has 2 N–H and O–H groups in total. The zero-order chi connectivity index (χ0) is 14.9. The minimum Gasteiger partial charge on any atom is -0.380 e. The monoisotopic (exact) mass is 290 g/mol. The van der Waals surface area contributed by atoms with Crippen LogP contribution in [0.4, 0.5) is 19.1 Å². The van der Waals surface area contributed by atoms with Crippen molar-refractivity contribution >= 4 is 11.5 Å². The van der Waals surface area contributed by atoms with Crippen molar-refractivity contribution in [1.29, 1.82) is 0 Å². The van der Waals surface area contributed by atoms with Gasteiger partial charge in [0.1, 0.15) is 11.7 Å². The average Bonchev–Trinajstić information content (AvgIpc) is 2.36. The number of nitrogens with zero attached hydrogens (tertiary/aromatic N) is 3. The number of hydrogen-bond acceptors (Lipinski definition) is 6. The third-order valence-corrected chi connectivity index (χ3v) is 2.85. The van der Waals surface area contributed by atoms with E-state index in [2.05, 4.69) is 25.3 Å². The number of nitrogens with one attached hydrogen (secondary N) is 1. The van der Waals surface area contributed by atoms with Gasteiger partial charge in [-0.1, -0.05) is 0 Å². The maximum atomic E-state index is 13.9. The van der Waals surface area contributed by atoms with Crippen LogP contribution in [0, 0.1) is 6.92 Å². The molecule has 110 valence electrons. The van der Waals surface area contributed by atoms with E-state index in [9.17, 15) is 18.3 Å². The van der Waals surface area contributed by atoms with Crippen molar-refractivity contribution in [2.45, 2.75) is 31.8 Å². The summed E-state index contributed by atoms with van der Waals surface area (Å²) in [6.07, 6.45) is -3.41. The molecular formula is C11H13F3N4O2. The molecule has 20 heavy (non-hydrogen) atoms. The van der Waals surface area contributed by atoms with Gasteiger partial charge in [-0.25, -0.2) is 23.6 Å². The Hall–Kier alpha value is -1.74. The molecule has 0 amide bonds. The van der Waals surface area contributed by atoms with Crippen molar-refractivity contribution in [3.63, 3.8) is 0 Å². The first-order chi connectivity index (χ1) is 9.35. The predicted octanol–water partition coefficient (Wildman–Crippen LogP) is 1.62. The first-order valence-electron chi connectivity index (χ1n) is 5.81. The molecule has 1 atom stereocenters. The fourth-order valence-electron chi connectivity index (χ4n) is 1.87. The van der Waals surface area contributed by atoms with Gasteiger partial charge < -0.3 is 5.11 Å². The van der Waals surface area contributed by atoms with Gasteiger partial charge in [0.15, 0.2) is 11.9 Å². The number of anilines is 1. The Morgan fingerprint density at radius 1 is 1.35 bits per heavy atom. The van der Waals surface area contributed by atoms with Crippen LogP contribution >= 0.6 is 0 Å². The van der Waals surface area contributed by atoms with Crippen LogP contribution in [-0.4, -0.2) is 39.2 Å². The van der Waals surface area contributed by atoms with E-state index in [0.717, 1.165) is 0 Å². The van der Waals surface area contributed by atoms with Gasteiger partial charge in [-0.05, 0) is 13.3 Å². The van der Waals surface area contributed by atoms with Crippen LogP contribution in [0.1, 0.15) is 24.5 Å². The lowest BCUT2D eigenvalue weighted by Crippen LogP contribution is -2.37. The summed E-state index contributed by atoms with van der Waals surface area (Å²) in [4.78, 5) is 16.3. The van der Waals surface area contributed by atoms with Crippen molar-refractivity contribution in [1.82, 2.24) is 15.0 Å². The van der Waals surface area contributed by atoms with E-state index in [1.165, 1.54) is 7.11 Å². The van der Waals surface area contributed by atoms with Crippen molar-refractivity contribution in [3.8, 4) is 0 Å². The second-order valence-corrected chi connectivity index (χ2v) is 4.33. The van der Waals surface area contributed by atoms with Gasteiger partial charge in [-0.3, -0.25) is 4.84 Å². The van der Waals surface area contributed by atoms with E-state index in [4.69, 9.17) is 0 Å². The molecule has 0 fully saturated rings. The highest BCUT2D eigenvalue weighted by atomic mass is 19.3. The van der Waals surface area contributed by atoms with Crippen molar-refractivity contribution in [2.24, 2.45) is 0 Å². The number of allylic oxidation sites excluding steroid dienone is 1. The van der Waals surface area contributed by atoms with Gasteiger partial charge in [-0.15, -0.1) is 0 Å². The zero-order valence-electron chi connectivity index (χ0n) is 10.8. The standard InChI is InChI=1S/C11H13F3N4O2/c1-5-15-9(17-10(16-5)18-20-2)6-3-4-11(13,14)8(19)7(6)12/h8,19H,3-4H2,1-2H3,(H,15,16,17,18).